The van der Waals surface area contributed by atoms with Crippen LogP contribution in [0.5, 0.6) is 11.5 Å². The lowest BCUT2D eigenvalue weighted by Gasteiger charge is -2.15. The molecule has 3 rings (SSSR count). The topological polar surface area (TPSA) is 30.5 Å². The first-order chi connectivity index (χ1) is 14.1. The minimum atomic E-state index is 0.376. The molecule has 0 atom stereocenters. The third-order valence-corrected chi connectivity index (χ3v) is 5.85. The second kappa shape index (κ2) is 10.9. The van der Waals surface area contributed by atoms with Gasteiger partial charge in [-0.05, 0) is 54.4 Å². The molecule has 152 valence electrons. The van der Waals surface area contributed by atoms with Crippen LogP contribution in [0.25, 0.3) is 0 Å². The van der Waals surface area contributed by atoms with Crippen molar-refractivity contribution in [3.05, 3.63) is 91.9 Å². The molecule has 3 aromatic carbocycles. The number of ether oxygens (including phenoxy) is 2. The number of rotatable bonds is 9. The van der Waals surface area contributed by atoms with Gasteiger partial charge in [0.2, 0.25) is 0 Å². The van der Waals surface area contributed by atoms with Gasteiger partial charge in [0.15, 0.2) is 11.5 Å². The summed E-state index contributed by atoms with van der Waals surface area (Å²) in [5.74, 6) is 1.36. The molecular formula is C23H22BrCl2NO2. The van der Waals surface area contributed by atoms with E-state index in [9.17, 15) is 0 Å². The van der Waals surface area contributed by atoms with Crippen LogP contribution in [-0.2, 0) is 19.6 Å². The Kier molecular flexibility index (Phi) is 8.25. The molecule has 29 heavy (non-hydrogen) atoms. The van der Waals surface area contributed by atoms with Crippen molar-refractivity contribution in [2.24, 2.45) is 0 Å². The van der Waals surface area contributed by atoms with E-state index in [1.54, 1.807) is 7.11 Å². The van der Waals surface area contributed by atoms with Gasteiger partial charge in [-0.1, -0.05) is 69.5 Å². The summed E-state index contributed by atoms with van der Waals surface area (Å²) < 4.78 is 12.4. The minimum Gasteiger partial charge on any atom is -0.493 e. The van der Waals surface area contributed by atoms with Crippen LogP contribution in [0.1, 0.15) is 16.7 Å². The Morgan fingerprint density at radius 2 is 1.69 bits per heavy atom. The third kappa shape index (κ3) is 6.38. The summed E-state index contributed by atoms with van der Waals surface area (Å²) in [5, 5.41) is 4.91. The zero-order valence-corrected chi connectivity index (χ0v) is 19.2. The number of hydrogen-bond acceptors (Lipinski definition) is 3. The van der Waals surface area contributed by atoms with E-state index >= 15 is 0 Å². The first-order valence-electron chi connectivity index (χ1n) is 9.24. The monoisotopic (exact) mass is 493 g/mol. The van der Waals surface area contributed by atoms with Crippen LogP contribution in [0.4, 0.5) is 0 Å². The molecule has 0 saturated heterocycles. The van der Waals surface area contributed by atoms with Crippen molar-refractivity contribution in [3.63, 3.8) is 0 Å². The van der Waals surface area contributed by atoms with Gasteiger partial charge in [0.05, 0.1) is 7.11 Å². The Hall–Kier alpha value is -1.72. The van der Waals surface area contributed by atoms with Crippen LogP contribution in [0.3, 0.4) is 0 Å². The van der Waals surface area contributed by atoms with Crippen molar-refractivity contribution >= 4 is 39.1 Å². The summed E-state index contributed by atoms with van der Waals surface area (Å²) >= 11 is 15.8. The van der Waals surface area contributed by atoms with Crippen molar-refractivity contribution in [2.45, 2.75) is 19.6 Å². The van der Waals surface area contributed by atoms with E-state index in [1.807, 2.05) is 60.7 Å². The van der Waals surface area contributed by atoms with E-state index < -0.39 is 0 Å². The van der Waals surface area contributed by atoms with E-state index in [1.165, 1.54) is 5.56 Å². The molecule has 0 heterocycles. The fraction of sp³-hybridized carbons (Fsp3) is 0.217. The Bertz CT molecular complexity index is 948. The quantitative estimate of drug-likeness (QED) is 0.336. The van der Waals surface area contributed by atoms with Crippen molar-refractivity contribution < 1.29 is 9.47 Å². The molecule has 3 aromatic rings. The van der Waals surface area contributed by atoms with Gasteiger partial charge in [0.1, 0.15) is 6.61 Å². The first-order valence-corrected chi connectivity index (χ1v) is 10.8. The van der Waals surface area contributed by atoms with Crippen LogP contribution < -0.4 is 14.8 Å². The molecule has 3 nitrogen and oxygen atoms in total. The minimum absolute atomic E-state index is 0.376. The van der Waals surface area contributed by atoms with Crippen molar-refractivity contribution in [1.82, 2.24) is 5.32 Å². The number of halogens is 3. The van der Waals surface area contributed by atoms with E-state index in [0.717, 1.165) is 40.1 Å². The molecule has 1 N–H and O–H groups in total. The standard InChI is InChI=1S/C23H22BrCl2NO2/c1-28-22-12-18(14-27-11-10-16-6-8-19(25)9-7-16)20(24)13-23(22)29-15-17-4-2-3-5-21(17)26/h2-9,12-13,27H,10-11,14-15H2,1H3. The number of hydrogen-bond donors (Lipinski definition) is 1. The zero-order valence-electron chi connectivity index (χ0n) is 16.1. The maximum atomic E-state index is 6.21. The maximum absolute atomic E-state index is 6.21. The highest BCUT2D eigenvalue weighted by Gasteiger charge is 2.11. The number of benzene rings is 3. The van der Waals surface area contributed by atoms with Crippen LogP contribution in [0.2, 0.25) is 10.0 Å². The molecule has 0 aromatic heterocycles. The van der Waals surface area contributed by atoms with E-state index in [4.69, 9.17) is 32.7 Å². The van der Waals surface area contributed by atoms with Gasteiger partial charge in [-0.2, -0.15) is 0 Å². The van der Waals surface area contributed by atoms with Crippen LogP contribution in [0.15, 0.2) is 65.1 Å². The van der Waals surface area contributed by atoms with Crippen LogP contribution >= 0.6 is 39.1 Å². The zero-order chi connectivity index (χ0) is 20.6. The Labute approximate surface area is 190 Å². The van der Waals surface area contributed by atoms with Gasteiger partial charge in [0, 0.05) is 26.6 Å². The normalized spacial score (nSPS) is 10.8. The summed E-state index contributed by atoms with van der Waals surface area (Å²) in [7, 11) is 1.64. The highest BCUT2D eigenvalue weighted by atomic mass is 79.9. The highest BCUT2D eigenvalue weighted by molar-refractivity contribution is 9.10. The van der Waals surface area contributed by atoms with Gasteiger partial charge in [-0.15, -0.1) is 0 Å². The van der Waals surface area contributed by atoms with Crippen LogP contribution in [0, 0.1) is 0 Å². The molecule has 0 aliphatic carbocycles. The summed E-state index contributed by atoms with van der Waals surface area (Å²) in [4.78, 5) is 0. The molecule has 6 heteroatoms. The van der Waals surface area contributed by atoms with E-state index in [2.05, 4.69) is 21.2 Å². The maximum Gasteiger partial charge on any atom is 0.162 e. The predicted octanol–water partition coefficient (Wildman–Crippen LogP) is 6.68. The number of methoxy groups -OCH3 is 1. The Balaban J connectivity index is 1.58. The molecular weight excluding hydrogens is 473 g/mol. The SMILES string of the molecule is COc1cc(CNCCc2ccc(Cl)cc2)c(Br)cc1OCc1ccccc1Cl. The van der Waals surface area contributed by atoms with Gasteiger partial charge in [0.25, 0.3) is 0 Å². The van der Waals surface area contributed by atoms with Crippen molar-refractivity contribution in [2.75, 3.05) is 13.7 Å². The van der Waals surface area contributed by atoms with Gasteiger partial charge < -0.3 is 14.8 Å². The first kappa shape index (κ1) is 22.0. The average Bonchev–Trinajstić information content (AvgIpc) is 2.73. The fourth-order valence-corrected chi connectivity index (χ4v) is 3.64. The molecule has 0 aliphatic rings. The third-order valence-electron chi connectivity index (χ3n) is 4.49. The van der Waals surface area contributed by atoms with E-state index in [-0.39, 0.29) is 0 Å². The van der Waals surface area contributed by atoms with Crippen LogP contribution in [-0.4, -0.2) is 13.7 Å². The fourth-order valence-electron chi connectivity index (χ4n) is 2.86. The molecule has 0 spiro atoms. The molecule has 0 amide bonds. The molecule has 0 fully saturated rings. The lowest BCUT2D eigenvalue weighted by molar-refractivity contribution is 0.284. The molecule has 0 radical (unpaired) electrons. The van der Waals surface area contributed by atoms with Gasteiger partial charge in [-0.25, -0.2) is 0 Å². The average molecular weight is 495 g/mol. The second-order valence-electron chi connectivity index (χ2n) is 6.53. The lowest BCUT2D eigenvalue weighted by atomic mass is 10.1. The Morgan fingerprint density at radius 3 is 2.41 bits per heavy atom. The second-order valence-corrected chi connectivity index (χ2v) is 8.23. The highest BCUT2D eigenvalue weighted by Crippen LogP contribution is 2.34. The summed E-state index contributed by atoms with van der Waals surface area (Å²) in [6.45, 7) is 1.96. The summed E-state index contributed by atoms with van der Waals surface area (Å²) in [6.07, 6.45) is 0.935. The molecule has 0 aliphatic heterocycles. The Morgan fingerprint density at radius 1 is 0.931 bits per heavy atom. The summed E-state index contributed by atoms with van der Waals surface area (Å²) in [5.41, 5.74) is 3.28. The van der Waals surface area contributed by atoms with Crippen molar-refractivity contribution in [3.8, 4) is 11.5 Å². The molecule has 0 bridgehead atoms. The van der Waals surface area contributed by atoms with Gasteiger partial charge in [-0.3, -0.25) is 0 Å². The lowest BCUT2D eigenvalue weighted by Crippen LogP contribution is -2.17. The number of nitrogens with one attached hydrogen (secondary N) is 1. The smallest absolute Gasteiger partial charge is 0.162 e. The predicted molar refractivity (Wildman–Crippen MR) is 123 cm³/mol. The van der Waals surface area contributed by atoms with Crippen molar-refractivity contribution in [1.29, 1.82) is 0 Å². The molecule has 0 saturated carbocycles. The van der Waals surface area contributed by atoms with E-state index in [0.29, 0.717) is 23.1 Å². The largest absolute Gasteiger partial charge is 0.493 e. The van der Waals surface area contributed by atoms with Gasteiger partial charge >= 0.3 is 0 Å². The summed E-state index contributed by atoms with van der Waals surface area (Å²) in [6, 6.07) is 19.5. The molecule has 0 unspecified atom stereocenters.